The molecule has 5 atom stereocenters. The molecule has 0 saturated heterocycles. The van der Waals surface area contributed by atoms with Crippen molar-refractivity contribution in [3.8, 4) is 0 Å². The molecule has 0 aromatic rings. The summed E-state index contributed by atoms with van der Waals surface area (Å²) in [4.78, 5) is 47.2. The van der Waals surface area contributed by atoms with E-state index < -0.39 is 5.92 Å². The zero-order chi connectivity index (χ0) is 23.3. The number of ether oxygens (including phenoxy) is 2. The molecule has 0 amide bonds. The van der Waals surface area contributed by atoms with Gasteiger partial charge in [0.05, 0.1) is 19.6 Å². The average molecular weight is 433 g/mol. The predicted molar refractivity (Wildman–Crippen MR) is 117 cm³/mol. The quantitative estimate of drug-likeness (QED) is 0.375. The van der Waals surface area contributed by atoms with Crippen molar-refractivity contribution >= 4 is 23.5 Å². The number of allylic oxidation sites excluding steroid dienone is 2. The van der Waals surface area contributed by atoms with E-state index in [9.17, 15) is 19.2 Å². The maximum atomic E-state index is 13.0. The maximum absolute atomic E-state index is 13.0. The van der Waals surface area contributed by atoms with Gasteiger partial charge < -0.3 is 9.47 Å². The number of Topliss-reactive ketones (excluding diaryl/α,β-unsaturated/α-hetero) is 2. The van der Waals surface area contributed by atoms with Crippen LogP contribution < -0.4 is 0 Å². The van der Waals surface area contributed by atoms with Crippen LogP contribution >= 0.6 is 0 Å². The first-order chi connectivity index (χ1) is 14.6. The summed E-state index contributed by atoms with van der Waals surface area (Å²) in [6.45, 7) is 13.9. The second-order valence-corrected chi connectivity index (χ2v) is 9.17. The summed E-state index contributed by atoms with van der Waals surface area (Å²) in [6.07, 6.45) is 5.30. The van der Waals surface area contributed by atoms with E-state index in [-0.39, 0.29) is 46.7 Å². The fraction of sp³-hybridized carbons (Fsp3) is 0.680. The predicted octanol–water partition coefficient (Wildman–Crippen LogP) is 4.22. The highest BCUT2D eigenvalue weighted by Crippen LogP contribution is 2.57. The zero-order valence-electron chi connectivity index (χ0n) is 19.3. The average Bonchev–Trinajstić information content (AvgIpc) is 2.77. The van der Waals surface area contributed by atoms with Crippen molar-refractivity contribution in [3.05, 3.63) is 24.3 Å². The van der Waals surface area contributed by atoms with E-state index in [0.29, 0.717) is 37.0 Å². The minimum atomic E-state index is -0.574. The Morgan fingerprint density at radius 1 is 1.03 bits per heavy atom. The van der Waals surface area contributed by atoms with Crippen LogP contribution in [0.2, 0.25) is 0 Å². The minimum absolute atomic E-state index is 0.00109. The standard InChI is InChI=1S/C21H28O4.C4H8O2/c1-5-16(22)25-11-21(4)10-6-7-15-14-9-8-12(2)19(23)17(14)20(24)13(3)18(15)21;1-3-4(5)6-2/h14-15,17-18H,2-3,5-11H2,1,4H3;3H2,1-2H3/t14?,15?,17?,18?,21-;/m0./s1. The molecule has 0 heterocycles. The van der Waals surface area contributed by atoms with Gasteiger partial charge in [-0.3, -0.25) is 19.2 Å². The highest BCUT2D eigenvalue weighted by atomic mass is 16.5. The van der Waals surface area contributed by atoms with Gasteiger partial charge in [0.25, 0.3) is 0 Å². The van der Waals surface area contributed by atoms with E-state index >= 15 is 0 Å². The van der Waals surface area contributed by atoms with Crippen molar-refractivity contribution in [1.29, 1.82) is 0 Å². The van der Waals surface area contributed by atoms with E-state index in [1.54, 1.807) is 13.8 Å². The molecule has 0 aromatic heterocycles. The van der Waals surface area contributed by atoms with Crippen molar-refractivity contribution in [2.75, 3.05) is 13.7 Å². The Bertz CT molecular complexity index is 760. The van der Waals surface area contributed by atoms with Crippen molar-refractivity contribution in [1.82, 2.24) is 0 Å². The van der Waals surface area contributed by atoms with E-state index in [4.69, 9.17) is 4.74 Å². The molecule has 3 saturated carbocycles. The number of fused-ring (bicyclic) bond motifs is 3. The first-order valence-corrected chi connectivity index (χ1v) is 11.3. The third-order valence-corrected chi connectivity index (χ3v) is 7.20. The van der Waals surface area contributed by atoms with Gasteiger partial charge >= 0.3 is 11.9 Å². The van der Waals surface area contributed by atoms with Crippen LogP contribution in [0.4, 0.5) is 0 Å². The van der Waals surface area contributed by atoms with Gasteiger partial charge in [0.2, 0.25) is 0 Å². The van der Waals surface area contributed by atoms with Crippen LogP contribution in [0.3, 0.4) is 0 Å². The second-order valence-electron chi connectivity index (χ2n) is 9.17. The Labute approximate surface area is 185 Å². The fourth-order valence-electron chi connectivity index (χ4n) is 5.55. The van der Waals surface area contributed by atoms with Crippen molar-refractivity contribution in [2.24, 2.45) is 29.1 Å². The van der Waals surface area contributed by atoms with Crippen molar-refractivity contribution < 1.29 is 28.7 Å². The Morgan fingerprint density at radius 3 is 2.23 bits per heavy atom. The summed E-state index contributed by atoms with van der Waals surface area (Å²) in [5.74, 6) is -0.770. The van der Waals surface area contributed by atoms with Gasteiger partial charge in [0.1, 0.15) is 0 Å². The summed E-state index contributed by atoms with van der Waals surface area (Å²) < 4.78 is 9.73. The highest BCUT2D eigenvalue weighted by Gasteiger charge is 2.57. The van der Waals surface area contributed by atoms with Gasteiger partial charge in [-0.25, -0.2) is 0 Å². The lowest BCUT2D eigenvalue weighted by Gasteiger charge is -2.54. The fourth-order valence-corrected chi connectivity index (χ4v) is 5.55. The largest absolute Gasteiger partial charge is 0.469 e. The number of hydrogen-bond acceptors (Lipinski definition) is 6. The number of esters is 2. The molecule has 6 nitrogen and oxygen atoms in total. The summed E-state index contributed by atoms with van der Waals surface area (Å²) in [5.41, 5.74) is 0.864. The van der Waals surface area contributed by atoms with Gasteiger partial charge in [-0.15, -0.1) is 0 Å². The Kier molecular flexibility index (Phi) is 8.38. The third-order valence-electron chi connectivity index (χ3n) is 7.20. The monoisotopic (exact) mass is 432 g/mol. The van der Waals surface area contributed by atoms with Gasteiger partial charge in [-0.2, -0.15) is 0 Å². The number of carbonyl (C=O) groups excluding carboxylic acids is 4. The molecule has 3 rings (SSSR count). The number of carbonyl (C=O) groups is 4. The molecule has 6 heteroatoms. The Hall–Kier alpha value is -2.24. The van der Waals surface area contributed by atoms with Gasteiger partial charge in [-0.05, 0) is 54.6 Å². The van der Waals surface area contributed by atoms with E-state index in [2.05, 4.69) is 24.8 Å². The van der Waals surface area contributed by atoms with Crippen molar-refractivity contribution in [3.63, 3.8) is 0 Å². The van der Waals surface area contributed by atoms with E-state index in [1.807, 2.05) is 0 Å². The molecular weight excluding hydrogens is 396 g/mol. The summed E-state index contributed by atoms with van der Waals surface area (Å²) >= 11 is 0. The topological polar surface area (TPSA) is 86.7 Å². The molecule has 31 heavy (non-hydrogen) atoms. The van der Waals surface area contributed by atoms with Crippen LogP contribution in [0.1, 0.15) is 65.7 Å². The molecule has 0 radical (unpaired) electrons. The van der Waals surface area contributed by atoms with Crippen LogP contribution in [0.25, 0.3) is 0 Å². The summed E-state index contributed by atoms with van der Waals surface area (Å²) in [7, 11) is 1.38. The van der Waals surface area contributed by atoms with Gasteiger partial charge in [0.15, 0.2) is 11.6 Å². The molecule has 0 aliphatic heterocycles. The molecule has 3 fully saturated rings. The number of rotatable bonds is 4. The lowest BCUT2D eigenvalue weighted by Crippen LogP contribution is -2.54. The molecule has 0 N–H and O–H groups in total. The maximum Gasteiger partial charge on any atom is 0.305 e. The van der Waals surface area contributed by atoms with Crippen LogP contribution in [0.15, 0.2) is 24.3 Å². The summed E-state index contributed by atoms with van der Waals surface area (Å²) in [6, 6.07) is 0. The molecule has 3 aliphatic rings. The highest BCUT2D eigenvalue weighted by molar-refractivity contribution is 6.16. The van der Waals surface area contributed by atoms with Gasteiger partial charge in [0, 0.05) is 18.3 Å². The van der Waals surface area contributed by atoms with Gasteiger partial charge in [-0.1, -0.05) is 40.3 Å². The number of hydrogen-bond donors (Lipinski definition) is 0. The lowest BCUT2D eigenvalue weighted by atomic mass is 9.49. The molecule has 3 aliphatic carbocycles. The second kappa shape index (κ2) is 10.4. The van der Waals surface area contributed by atoms with Crippen LogP contribution in [0.5, 0.6) is 0 Å². The molecule has 0 aromatic carbocycles. The van der Waals surface area contributed by atoms with Crippen LogP contribution in [-0.2, 0) is 28.7 Å². The van der Waals surface area contributed by atoms with Crippen molar-refractivity contribution in [2.45, 2.75) is 65.7 Å². The number of methoxy groups -OCH3 is 1. The molecule has 0 spiro atoms. The lowest BCUT2D eigenvalue weighted by molar-refractivity contribution is -0.152. The van der Waals surface area contributed by atoms with E-state index in [0.717, 1.165) is 25.7 Å². The SMILES string of the molecule is C=C1CCC2C(C1=O)C(=O)C(=C)C1C2CCC[C@@]1(C)COC(=O)CC.CCC(=O)OC. The van der Waals surface area contributed by atoms with E-state index in [1.165, 1.54) is 7.11 Å². The molecular formula is C25H36O6. The Morgan fingerprint density at radius 2 is 1.68 bits per heavy atom. The molecule has 172 valence electrons. The first-order valence-electron chi connectivity index (χ1n) is 11.3. The first kappa shape index (κ1) is 25.0. The molecule has 0 bridgehead atoms. The molecule has 4 unspecified atom stereocenters. The zero-order valence-corrected chi connectivity index (χ0v) is 19.3. The Balaban J connectivity index is 0.000000501. The van der Waals surface area contributed by atoms with Crippen LogP contribution in [-0.4, -0.2) is 37.2 Å². The minimum Gasteiger partial charge on any atom is -0.469 e. The normalized spacial score (nSPS) is 32.3. The number of ketones is 2. The summed E-state index contributed by atoms with van der Waals surface area (Å²) in [5, 5.41) is 0. The smallest absolute Gasteiger partial charge is 0.305 e. The van der Waals surface area contributed by atoms with Crippen LogP contribution in [0, 0.1) is 29.1 Å². The third kappa shape index (κ3) is 5.16.